The van der Waals surface area contributed by atoms with Gasteiger partial charge >= 0.3 is 5.97 Å². The number of carbonyl (C=O) groups excluding carboxylic acids is 1. The van der Waals surface area contributed by atoms with Crippen molar-refractivity contribution in [2.75, 3.05) is 13.4 Å². The molecule has 0 aliphatic carbocycles. The molecule has 0 atom stereocenters. The molecule has 0 N–H and O–H groups in total. The van der Waals surface area contributed by atoms with E-state index in [-0.39, 0.29) is 28.0 Å². The van der Waals surface area contributed by atoms with Gasteiger partial charge in [0.2, 0.25) is 0 Å². The first kappa shape index (κ1) is 15.5. The lowest BCUT2D eigenvalue weighted by molar-refractivity contribution is 0.0590. The van der Waals surface area contributed by atoms with Crippen LogP contribution in [0, 0.1) is 0 Å². The predicted octanol–water partition coefficient (Wildman–Crippen LogP) is 1.25. The molecule has 2 aromatic rings. The number of nitrogens with zero attached hydrogens (tertiary/aromatic N) is 3. The molecule has 2 heterocycles. The molecule has 0 saturated heterocycles. The van der Waals surface area contributed by atoms with E-state index in [9.17, 15) is 13.2 Å². The van der Waals surface area contributed by atoms with Crippen molar-refractivity contribution < 1.29 is 17.9 Å². The molecule has 21 heavy (non-hydrogen) atoms. The van der Waals surface area contributed by atoms with Crippen molar-refractivity contribution in [2.24, 2.45) is 0 Å². The van der Waals surface area contributed by atoms with Crippen LogP contribution in [0.1, 0.15) is 16.2 Å². The van der Waals surface area contributed by atoms with Gasteiger partial charge in [-0.2, -0.15) is 5.10 Å². The van der Waals surface area contributed by atoms with E-state index < -0.39 is 15.8 Å². The average molecular weight is 330 g/mol. The molecule has 0 spiro atoms. The Kier molecular flexibility index (Phi) is 4.29. The number of sulfone groups is 1. The monoisotopic (exact) mass is 329 g/mol. The quantitative estimate of drug-likeness (QED) is 0.784. The van der Waals surface area contributed by atoms with Gasteiger partial charge in [0.15, 0.2) is 21.3 Å². The van der Waals surface area contributed by atoms with Crippen LogP contribution in [-0.2, 0) is 20.3 Å². The lowest BCUT2D eigenvalue weighted by Crippen LogP contribution is -2.11. The molecule has 0 aromatic carbocycles. The number of aromatic nitrogens is 3. The minimum Gasteiger partial charge on any atom is -0.464 e. The van der Waals surface area contributed by atoms with Gasteiger partial charge in [0.25, 0.3) is 0 Å². The molecular weight excluding hydrogens is 318 g/mol. The number of esters is 1. The highest BCUT2D eigenvalue weighted by Crippen LogP contribution is 2.20. The van der Waals surface area contributed by atoms with E-state index in [2.05, 4.69) is 14.8 Å². The summed E-state index contributed by atoms with van der Waals surface area (Å²) in [4.78, 5) is 15.8. The zero-order chi connectivity index (χ0) is 15.6. The number of pyridine rings is 1. The minimum absolute atomic E-state index is 0.0525. The smallest absolute Gasteiger partial charge is 0.356 e. The number of hydrogen-bond acceptors (Lipinski definition) is 6. The highest BCUT2D eigenvalue weighted by Gasteiger charge is 2.21. The maximum absolute atomic E-state index is 11.8. The van der Waals surface area contributed by atoms with E-state index >= 15 is 0 Å². The van der Waals surface area contributed by atoms with Gasteiger partial charge in [-0.25, -0.2) is 22.9 Å². The van der Waals surface area contributed by atoms with Gasteiger partial charge in [0.1, 0.15) is 0 Å². The lowest BCUT2D eigenvalue weighted by Gasteiger charge is -2.06. The molecule has 0 unspecified atom stereocenters. The molecule has 0 amide bonds. The normalized spacial score (nSPS) is 11.4. The van der Waals surface area contributed by atoms with E-state index in [1.165, 1.54) is 24.1 Å². The first-order valence-corrected chi connectivity index (χ1v) is 8.21. The second-order valence-electron chi connectivity index (χ2n) is 4.30. The third kappa shape index (κ3) is 3.59. The highest BCUT2D eigenvalue weighted by molar-refractivity contribution is 7.89. The third-order valence-electron chi connectivity index (χ3n) is 2.50. The summed E-state index contributed by atoms with van der Waals surface area (Å²) in [5.41, 5.74) is 0.261. The number of rotatable bonds is 4. The first-order chi connectivity index (χ1) is 9.81. The highest BCUT2D eigenvalue weighted by atomic mass is 35.5. The lowest BCUT2D eigenvalue weighted by atomic mass is 10.3. The molecule has 0 radical (unpaired) electrons. The number of carbonyl (C=O) groups is 1. The molecule has 2 rings (SSSR count). The Morgan fingerprint density at radius 3 is 2.76 bits per heavy atom. The number of ether oxygens (including phenoxy) is 1. The van der Waals surface area contributed by atoms with Crippen LogP contribution in [0.2, 0.25) is 5.02 Å². The maximum atomic E-state index is 11.8. The van der Waals surface area contributed by atoms with Crippen molar-refractivity contribution >= 4 is 27.4 Å². The number of halogens is 1. The van der Waals surface area contributed by atoms with Crippen LogP contribution in [0.4, 0.5) is 0 Å². The zero-order valence-corrected chi connectivity index (χ0v) is 12.8. The molecule has 0 fully saturated rings. The summed E-state index contributed by atoms with van der Waals surface area (Å²) in [6, 6.07) is 4.56. The van der Waals surface area contributed by atoms with Gasteiger partial charge in [0.05, 0.1) is 23.6 Å². The van der Waals surface area contributed by atoms with E-state index in [0.717, 1.165) is 6.26 Å². The van der Waals surface area contributed by atoms with Crippen LogP contribution < -0.4 is 0 Å². The fourth-order valence-electron chi connectivity index (χ4n) is 1.71. The second-order valence-corrected chi connectivity index (χ2v) is 6.85. The van der Waals surface area contributed by atoms with Gasteiger partial charge < -0.3 is 4.74 Å². The van der Waals surface area contributed by atoms with Crippen LogP contribution in [0.25, 0.3) is 5.82 Å². The number of hydrogen-bond donors (Lipinski definition) is 0. The van der Waals surface area contributed by atoms with Gasteiger partial charge in [0, 0.05) is 12.5 Å². The average Bonchev–Trinajstić information content (AvgIpc) is 2.79. The Labute approximate surface area is 126 Å². The summed E-state index contributed by atoms with van der Waals surface area (Å²) in [6.45, 7) is 0. The van der Waals surface area contributed by atoms with Gasteiger partial charge in [-0.05, 0) is 18.2 Å². The molecule has 2 aromatic heterocycles. The van der Waals surface area contributed by atoms with Gasteiger partial charge in [-0.1, -0.05) is 11.6 Å². The topological polar surface area (TPSA) is 91.2 Å². The molecular formula is C12H12ClN3O4S. The van der Waals surface area contributed by atoms with Crippen LogP contribution in [0.15, 0.2) is 24.4 Å². The molecule has 112 valence electrons. The molecule has 0 aliphatic rings. The number of methoxy groups -OCH3 is 1. The van der Waals surface area contributed by atoms with Crippen molar-refractivity contribution in [3.63, 3.8) is 0 Å². The fraction of sp³-hybridized carbons (Fsp3) is 0.250. The standard InChI is InChI=1S/C12H12ClN3O4S/c1-20-12(17)10-6-8(7-21(2,18)19)15-16(10)11-9(13)4-3-5-14-11/h3-6H,7H2,1-2H3. The Morgan fingerprint density at radius 2 is 2.19 bits per heavy atom. The summed E-state index contributed by atoms with van der Waals surface area (Å²) in [6.07, 6.45) is 2.57. The van der Waals surface area contributed by atoms with Crippen LogP contribution in [-0.4, -0.2) is 42.5 Å². The first-order valence-electron chi connectivity index (χ1n) is 5.77. The van der Waals surface area contributed by atoms with Crippen molar-refractivity contribution in [1.82, 2.24) is 14.8 Å². The van der Waals surface area contributed by atoms with Crippen LogP contribution >= 0.6 is 11.6 Å². The van der Waals surface area contributed by atoms with E-state index in [4.69, 9.17) is 11.6 Å². The second kappa shape index (κ2) is 5.82. The summed E-state index contributed by atoms with van der Waals surface area (Å²) < 4.78 is 28.6. The summed E-state index contributed by atoms with van der Waals surface area (Å²) in [7, 11) is -2.07. The molecule has 7 nitrogen and oxygen atoms in total. The Balaban J connectivity index is 2.58. The van der Waals surface area contributed by atoms with Crippen LogP contribution in [0.3, 0.4) is 0 Å². The summed E-state index contributed by atoms with van der Waals surface area (Å²) >= 11 is 6.03. The molecule has 0 saturated carbocycles. The third-order valence-corrected chi connectivity index (χ3v) is 3.62. The van der Waals surface area contributed by atoms with Crippen molar-refractivity contribution in [1.29, 1.82) is 0 Å². The Hall–Kier alpha value is -1.93. The van der Waals surface area contributed by atoms with Crippen molar-refractivity contribution in [2.45, 2.75) is 5.75 Å². The van der Waals surface area contributed by atoms with Crippen molar-refractivity contribution in [3.05, 3.63) is 40.8 Å². The fourth-order valence-corrected chi connectivity index (χ4v) is 2.59. The van der Waals surface area contributed by atoms with Gasteiger partial charge in [-0.3, -0.25) is 0 Å². The van der Waals surface area contributed by atoms with Crippen LogP contribution in [0.5, 0.6) is 0 Å². The zero-order valence-electron chi connectivity index (χ0n) is 11.3. The SMILES string of the molecule is COC(=O)c1cc(CS(C)(=O)=O)nn1-c1ncccc1Cl. The van der Waals surface area contributed by atoms with Gasteiger partial charge in [-0.15, -0.1) is 0 Å². The maximum Gasteiger partial charge on any atom is 0.356 e. The predicted molar refractivity (Wildman–Crippen MR) is 76.3 cm³/mol. The molecule has 0 bridgehead atoms. The Morgan fingerprint density at radius 1 is 1.48 bits per heavy atom. The molecule has 9 heteroatoms. The Bertz CT molecular complexity index is 786. The van der Waals surface area contributed by atoms with E-state index in [1.54, 1.807) is 12.1 Å². The van der Waals surface area contributed by atoms with E-state index in [0.29, 0.717) is 0 Å². The molecule has 0 aliphatic heterocycles. The minimum atomic E-state index is -3.29. The summed E-state index contributed by atoms with van der Waals surface area (Å²) in [5, 5.41) is 4.36. The summed E-state index contributed by atoms with van der Waals surface area (Å²) in [5.74, 6) is -0.739. The largest absolute Gasteiger partial charge is 0.464 e. The van der Waals surface area contributed by atoms with E-state index in [1.807, 2.05) is 0 Å². The van der Waals surface area contributed by atoms with Crippen molar-refractivity contribution in [3.8, 4) is 5.82 Å².